The average Bonchev–Trinajstić information content (AvgIpc) is 2.28. The molecule has 1 aliphatic carbocycles. The van der Waals surface area contributed by atoms with E-state index in [1.54, 1.807) is 19.2 Å². The van der Waals surface area contributed by atoms with Gasteiger partial charge in [0.15, 0.2) is 0 Å². The number of nitrogens with zero attached hydrogens (tertiary/aromatic N) is 2. The Balaban J connectivity index is 2.06. The number of methoxy groups -OCH3 is 1. The highest BCUT2D eigenvalue weighted by Gasteiger charge is 2.37. The lowest BCUT2D eigenvalue weighted by atomic mass is 9.80. The molecule has 17 heavy (non-hydrogen) atoms. The fraction of sp³-hybridized carbons (Fsp3) is 0.545. The third-order valence-electron chi connectivity index (χ3n) is 3.26. The van der Waals surface area contributed by atoms with E-state index in [0.29, 0.717) is 12.2 Å². The van der Waals surface area contributed by atoms with Crippen molar-refractivity contribution in [3.05, 3.63) is 28.4 Å². The summed E-state index contributed by atoms with van der Waals surface area (Å²) in [7, 11) is 1.68. The lowest BCUT2D eigenvalue weighted by molar-refractivity contribution is -0.388. The lowest BCUT2D eigenvalue weighted by Gasteiger charge is -2.40. The van der Waals surface area contributed by atoms with E-state index in [0.717, 1.165) is 19.3 Å². The molecule has 1 saturated carbocycles. The van der Waals surface area contributed by atoms with E-state index in [1.807, 2.05) is 0 Å². The number of nitro groups is 1. The fourth-order valence-electron chi connectivity index (χ4n) is 1.96. The number of hydrogen-bond acceptors (Lipinski definition) is 5. The maximum atomic E-state index is 10.8. The van der Waals surface area contributed by atoms with E-state index >= 15 is 0 Å². The Bertz CT molecular complexity index is 413. The minimum atomic E-state index is -0.484. The molecule has 0 unspecified atom stereocenters. The predicted octanol–water partition coefficient (Wildman–Crippen LogP) is 1.97. The zero-order chi connectivity index (χ0) is 12.3. The van der Waals surface area contributed by atoms with Gasteiger partial charge >= 0.3 is 5.82 Å². The van der Waals surface area contributed by atoms with E-state index in [9.17, 15) is 10.1 Å². The van der Waals surface area contributed by atoms with Gasteiger partial charge in [-0.1, -0.05) is 0 Å². The van der Waals surface area contributed by atoms with Crippen molar-refractivity contribution in [2.24, 2.45) is 0 Å². The zero-order valence-electron chi connectivity index (χ0n) is 9.68. The van der Waals surface area contributed by atoms with Crippen molar-refractivity contribution < 1.29 is 9.66 Å². The van der Waals surface area contributed by atoms with Crippen LogP contribution in [0.3, 0.4) is 0 Å². The molecule has 0 atom stereocenters. The number of rotatable bonds is 5. The summed E-state index contributed by atoms with van der Waals surface area (Å²) in [5, 5.41) is 13.8. The molecule has 0 radical (unpaired) electrons. The van der Waals surface area contributed by atoms with Gasteiger partial charge in [0.2, 0.25) is 0 Å². The molecule has 1 heterocycles. The molecule has 0 spiro atoms. The quantitative estimate of drug-likeness (QED) is 0.625. The van der Waals surface area contributed by atoms with Crippen molar-refractivity contribution >= 4 is 11.5 Å². The first-order chi connectivity index (χ1) is 8.17. The first kappa shape index (κ1) is 11.8. The van der Waals surface area contributed by atoms with Crippen LogP contribution in [-0.4, -0.2) is 29.2 Å². The van der Waals surface area contributed by atoms with Gasteiger partial charge in [-0.2, -0.15) is 0 Å². The highest BCUT2D eigenvalue weighted by molar-refractivity contribution is 5.56. The fourth-order valence-corrected chi connectivity index (χ4v) is 1.96. The van der Waals surface area contributed by atoms with Crippen LogP contribution in [0.5, 0.6) is 0 Å². The first-order valence-corrected chi connectivity index (χ1v) is 5.55. The van der Waals surface area contributed by atoms with Crippen molar-refractivity contribution in [3.63, 3.8) is 0 Å². The molecule has 1 aromatic rings. The van der Waals surface area contributed by atoms with Crippen LogP contribution in [0.2, 0.25) is 0 Å². The van der Waals surface area contributed by atoms with Crippen LogP contribution in [-0.2, 0) is 4.74 Å². The van der Waals surface area contributed by atoms with Crippen molar-refractivity contribution in [1.82, 2.24) is 4.98 Å². The van der Waals surface area contributed by atoms with E-state index in [-0.39, 0.29) is 11.4 Å². The van der Waals surface area contributed by atoms with Gasteiger partial charge in [0, 0.05) is 13.7 Å². The topological polar surface area (TPSA) is 77.3 Å². The molecular weight excluding hydrogens is 222 g/mol. The van der Waals surface area contributed by atoms with Gasteiger partial charge in [0.25, 0.3) is 0 Å². The summed E-state index contributed by atoms with van der Waals surface area (Å²) in [5.74, 6) is -0.141. The molecule has 0 aromatic carbocycles. The molecule has 1 fully saturated rings. The van der Waals surface area contributed by atoms with Crippen LogP contribution in [0.1, 0.15) is 19.3 Å². The van der Waals surface area contributed by atoms with Gasteiger partial charge in [0.05, 0.1) is 5.60 Å². The summed E-state index contributed by atoms with van der Waals surface area (Å²) in [6.45, 7) is 0.579. The maximum absolute atomic E-state index is 10.8. The molecule has 1 aliphatic rings. The zero-order valence-corrected chi connectivity index (χ0v) is 9.68. The van der Waals surface area contributed by atoms with E-state index in [2.05, 4.69) is 10.3 Å². The number of pyridine rings is 1. The van der Waals surface area contributed by atoms with Crippen LogP contribution >= 0.6 is 0 Å². The summed E-state index contributed by atoms with van der Waals surface area (Å²) >= 11 is 0. The second kappa shape index (κ2) is 4.67. The highest BCUT2D eigenvalue weighted by atomic mass is 16.6. The highest BCUT2D eigenvalue weighted by Crippen LogP contribution is 2.35. The summed E-state index contributed by atoms with van der Waals surface area (Å²) in [6, 6.07) is 3.34. The SMILES string of the molecule is COC1(CNc2cccnc2[N+](=O)[O-])CCC1. The Morgan fingerprint density at radius 1 is 1.65 bits per heavy atom. The summed E-state index contributed by atoms with van der Waals surface area (Å²) < 4.78 is 5.44. The Morgan fingerprint density at radius 3 is 2.94 bits per heavy atom. The molecule has 92 valence electrons. The molecule has 6 heteroatoms. The van der Waals surface area contributed by atoms with Crippen molar-refractivity contribution in [2.45, 2.75) is 24.9 Å². The Hall–Kier alpha value is -1.69. The predicted molar refractivity (Wildman–Crippen MR) is 63.0 cm³/mol. The molecule has 1 N–H and O–H groups in total. The van der Waals surface area contributed by atoms with Gasteiger partial charge in [0.1, 0.15) is 11.9 Å². The van der Waals surface area contributed by atoms with Gasteiger partial charge in [-0.25, -0.2) is 0 Å². The van der Waals surface area contributed by atoms with Gasteiger partial charge in [-0.15, -0.1) is 0 Å². The minimum Gasteiger partial charge on any atom is -0.376 e. The minimum absolute atomic E-state index is 0.141. The summed E-state index contributed by atoms with van der Waals surface area (Å²) in [4.78, 5) is 14.0. The molecule has 0 amide bonds. The largest absolute Gasteiger partial charge is 0.386 e. The van der Waals surface area contributed by atoms with E-state index < -0.39 is 4.92 Å². The Labute approximate surface area is 99.2 Å². The molecule has 1 aromatic heterocycles. The van der Waals surface area contributed by atoms with Crippen LogP contribution in [0.25, 0.3) is 0 Å². The molecule has 0 bridgehead atoms. The second-order valence-corrected chi connectivity index (χ2v) is 4.23. The van der Waals surface area contributed by atoms with Crippen LogP contribution in [0, 0.1) is 10.1 Å². The third kappa shape index (κ3) is 2.36. The first-order valence-electron chi connectivity index (χ1n) is 5.55. The summed E-state index contributed by atoms with van der Waals surface area (Å²) in [6.07, 6.45) is 4.54. The summed E-state index contributed by atoms with van der Waals surface area (Å²) in [5.41, 5.74) is 0.282. The lowest BCUT2D eigenvalue weighted by Crippen LogP contribution is -2.45. The van der Waals surface area contributed by atoms with Crippen LogP contribution in [0.4, 0.5) is 11.5 Å². The molecular formula is C11H15N3O3. The van der Waals surface area contributed by atoms with Gasteiger partial charge in [-0.05, 0) is 41.3 Å². The number of ether oxygens (including phenoxy) is 1. The van der Waals surface area contributed by atoms with Crippen molar-refractivity contribution in [1.29, 1.82) is 0 Å². The molecule has 0 aliphatic heterocycles. The van der Waals surface area contributed by atoms with E-state index in [4.69, 9.17) is 4.74 Å². The Kier molecular flexibility index (Phi) is 3.23. The molecule has 0 saturated heterocycles. The normalized spacial score (nSPS) is 17.2. The smallest absolute Gasteiger partial charge is 0.376 e. The standard InChI is InChI=1S/C11H15N3O3/c1-17-11(5-3-6-11)8-13-9-4-2-7-12-10(9)14(15)16/h2,4,7,13H,3,5-6,8H2,1H3. The van der Waals surface area contributed by atoms with Crippen LogP contribution in [0.15, 0.2) is 18.3 Å². The number of nitrogens with one attached hydrogen (secondary N) is 1. The van der Waals surface area contributed by atoms with Crippen molar-refractivity contribution in [3.8, 4) is 0 Å². The number of hydrogen-bond donors (Lipinski definition) is 1. The van der Waals surface area contributed by atoms with Gasteiger partial charge < -0.3 is 20.2 Å². The number of anilines is 1. The van der Waals surface area contributed by atoms with Crippen molar-refractivity contribution in [2.75, 3.05) is 19.0 Å². The van der Waals surface area contributed by atoms with E-state index in [1.165, 1.54) is 6.20 Å². The monoisotopic (exact) mass is 237 g/mol. The number of aromatic nitrogens is 1. The van der Waals surface area contributed by atoms with Crippen LogP contribution < -0.4 is 5.32 Å². The van der Waals surface area contributed by atoms with Gasteiger partial charge in [-0.3, -0.25) is 0 Å². The third-order valence-corrected chi connectivity index (χ3v) is 3.26. The maximum Gasteiger partial charge on any atom is 0.386 e. The Morgan fingerprint density at radius 2 is 2.41 bits per heavy atom. The molecule has 2 rings (SSSR count). The second-order valence-electron chi connectivity index (χ2n) is 4.23. The molecule has 6 nitrogen and oxygen atoms in total. The average molecular weight is 237 g/mol.